The summed E-state index contributed by atoms with van der Waals surface area (Å²) in [5.41, 5.74) is 2.46. The predicted molar refractivity (Wildman–Crippen MR) is 128 cm³/mol. The lowest BCUT2D eigenvalue weighted by Crippen LogP contribution is -2.45. The lowest BCUT2D eigenvalue weighted by atomic mass is 9.79. The van der Waals surface area contributed by atoms with Gasteiger partial charge in [-0.25, -0.2) is 4.39 Å². The molecule has 3 aromatic rings. The number of carbonyl (C=O) groups is 2. The fraction of sp³-hybridized carbons (Fsp3) is 0.259. The van der Waals surface area contributed by atoms with Crippen molar-refractivity contribution in [1.82, 2.24) is 10.2 Å². The van der Waals surface area contributed by atoms with E-state index in [1.807, 2.05) is 12.1 Å². The van der Waals surface area contributed by atoms with E-state index in [4.69, 9.17) is 14.2 Å². The molecule has 0 aromatic heterocycles. The minimum Gasteiger partial charge on any atom is -0.497 e. The molecule has 1 aliphatic rings. The van der Waals surface area contributed by atoms with Crippen LogP contribution in [0, 0.1) is 5.82 Å². The zero-order valence-electron chi connectivity index (χ0n) is 20.0. The van der Waals surface area contributed by atoms with Crippen LogP contribution in [0.5, 0.6) is 17.2 Å². The topological polar surface area (TPSA) is 77.1 Å². The number of hydrogen-bond acceptors (Lipinski definition) is 5. The number of rotatable bonds is 7. The number of carbonyl (C=O) groups excluding carboxylic acids is 2. The minimum atomic E-state index is -0.735. The van der Waals surface area contributed by atoms with Gasteiger partial charge in [0.15, 0.2) is 11.5 Å². The average molecular weight is 479 g/mol. The van der Waals surface area contributed by atoms with Crippen LogP contribution in [0.1, 0.15) is 39.0 Å². The van der Waals surface area contributed by atoms with Crippen LogP contribution in [0.4, 0.5) is 4.39 Å². The Morgan fingerprint density at radius 1 is 0.943 bits per heavy atom. The van der Waals surface area contributed by atoms with E-state index in [-0.39, 0.29) is 24.2 Å². The van der Waals surface area contributed by atoms with Crippen molar-refractivity contribution in [1.29, 1.82) is 0 Å². The Labute approximate surface area is 203 Å². The molecule has 35 heavy (non-hydrogen) atoms. The second-order valence-corrected chi connectivity index (χ2v) is 8.25. The van der Waals surface area contributed by atoms with Gasteiger partial charge in [-0.2, -0.15) is 0 Å². The van der Waals surface area contributed by atoms with Crippen molar-refractivity contribution in [2.45, 2.75) is 18.5 Å². The monoisotopic (exact) mass is 478 g/mol. The molecule has 1 heterocycles. The number of benzene rings is 3. The van der Waals surface area contributed by atoms with Gasteiger partial charge in [-0.15, -0.1) is 0 Å². The third-order valence-corrected chi connectivity index (χ3v) is 6.29. The first-order chi connectivity index (χ1) is 16.9. The molecule has 2 atom stereocenters. The Kier molecular flexibility index (Phi) is 6.91. The molecule has 0 aliphatic carbocycles. The molecule has 1 aliphatic heterocycles. The molecule has 0 saturated carbocycles. The molecule has 2 amide bonds. The maximum absolute atomic E-state index is 13.7. The summed E-state index contributed by atoms with van der Waals surface area (Å²) in [6.45, 7) is 0.214. The first kappa shape index (κ1) is 24.1. The zero-order chi connectivity index (χ0) is 25.1. The van der Waals surface area contributed by atoms with Crippen molar-refractivity contribution in [3.05, 3.63) is 88.7 Å². The molecule has 0 spiro atoms. The van der Waals surface area contributed by atoms with Gasteiger partial charge in [0.25, 0.3) is 5.91 Å². The summed E-state index contributed by atoms with van der Waals surface area (Å²) in [6, 6.07) is 15.9. The molecule has 7 nitrogen and oxygen atoms in total. The van der Waals surface area contributed by atoms with E-state index in [9.17, 15) is 14.0 Å². The minimum absolute atomic E-state index is 0.214. The molecule has 2 unspecified atom stereocenters. The number of fused-ring (bicyclic) bond motifs is 1. The quantitative estimate of drug-likeness (QED) is 0.554. The van der Waals surface area contributed by atoms with Crippen LogP contribution < -0.4 is 19.5 Å². The number of likely N-dealkylation sites (N-methyl/N-ethyl adjacent to an activating group) is 1. The van der Waals surface area contributed by atoms with Crippen molar-refractivity contribution >= 4 is 11.8 Å². The van der Waals surface area contributed by atoms with Crippen molar-refractivity contribution in [3.8, 4) is 17.2 Å². The molecule has 1 N–H and O–H groups in total. The summed E-state index contributed by atoms with van der Waals surface area (Å²) in [5, 5.41) is 2.96. The molecule has 0 bridgehead atoms. The Bertz CT molecular complexity index is 1230. The van der Waals surface area contributed by atoms with Crippen molar-refractivity contribution in [3.63, 3.8) is 0 Å². The molecule has 3 aromatic carbocycles. The van der Waals surface area contributed by atoms with E-state index in [1.54, 1.807) is 55.5 Å². The molecule has 8 heteroatoms. The molecule has 0 radical (unpaired) electrons. The van der Waals surface area contributed by atoms with Crippen LogP contribution in [-0.2, 0) is 11.3 Å². The highest BCUT2D eigenvalue weighted by Crippen LogP contribution is 2.45. The van der Waals surface area contributed by atoms with Gasteiger partial charge >= 0.3 is 0 Å². The lowest BCUT2D eigenvalue weighted by molar-refractivity contribution is -0.124. The molecule has 4 rings (SSSR count). The first-order valence-corrected chi connectivity index (χ1v) is 11.1. The van der Waals surface area contributed by atoms with Crippen LogP contribution >= 0.6 is 0 Å². The summed E-state index contributed by atoms with van der Waals surface area (Å²) < 4.78 is 29.4. The van der Waals surface area contributed by atoms with Crippen LogP contribution in [0.3, 0.4) is 0 Å². The van der Waals surface area contributed by atoms with E-state index < -0.39 is 12.0 Å². The number of amides is 2. The Hall–Kier alpha value is -4.07. The number of halogens is 1. The number of nitrogens with zero attached hydrogens (tertiary/aromatic N) is 1. The van der Waals surface area contributed by atoms with Gasteiger partial charge in [-0.05, 0) is 53.1 Å². The van der Waals surface area contributed by atoms with E-state index in [0.29, 0.717) is 28.4 Å². The maximum Gasteiger partial charge on any atom is 0.254 e. The van der Waals surface area contributed by atoms with Gasteiger partial charge in [0.05, 0.1) is 33.3 Å². The van der Waals surface area contributed by atoms with E-state index in [0.717, 1.165) is 11.1 Å². The molecular weight excluding hydrogens is 451 g/mol. The van der Waals surface area contributed by atoms with Crippen LogP contribution in [0.25, 0.3) is 0 Å². The average Bonchev–Trinajstić information content (AvgIpc) is 2.89. The fourth-order valence-corrected chi connectivity index (χ4v) is 4.45. The molecule has 0 saturated heterocycles. The Morgan fingerprint density at radius 2 is 1.57 bits per heavy atom. The molecular formula is C27H27FN2O5. The Balaban J connectivity index is 1.79. The summed E-state index contributed by atoms with van der Waals surface area (Å²) in [5.74, 6) is -0.0897. The third kappa shape index (κ3) is 4.64. The summed E-state index contributed by atoms with van der Waals surface area (Å²) >= 11 is 0. The van der Waals surface area contributed by atoms with E-state index in [2.05, 4.69) is 5.32 Å². The standard InChI is InChI=1S/C27H27FN2O5/c1-30-25(17-7-11-19(33-2)12-8-17)24(26(31)29-15-16-5-9-18(28)10-6-16)20-13-22(34-3)23(35-4)14-21(20)27(30)32/h5-14,24-25H,15H2,1-4H3,(H,29,31). The second-order valence-electron chi connectivity index (χ2n) is 8.25. The predicted octanol–water partition coefficient (Wildman–Crippen LogP) is 4.08. The van der Waals surface area contributed by atoms with E-state index >= 15 is 0 Å². The van der Waals surface area contributed by atoms with Gasteiger partial charge in [0, 0.05) is 19.2 Å². The van der Waals surface area contributed by atoms with Gasteiger partial charge in [-0.1, -0.05) is 24.3 Å². The third-order valence-electron chi connectivity index (χ3n) is 6.29. The smallest absolute Gasteiger partial charge is 0.254 e. The summed E-state index contributed by atoms with van der Waals surface area (Å²) in [6.07, 6.45) is 0. The normalized spacial score (nSPS) is 16.9. The summed E-state index contributed by atoms with van der Waals surface area (Å²) in [4.78, 5) is 28.7. The van der Waals surface area contributed by atoms with Crippen LogP contribution in [0.15, 0.2) is 60.7 Å². The fourth-order valence-electron chi connectivity index (χ4n) is 4.45. The van der Waals surface area contributed by atoms with Crippen molar-refractivity contribution < 1.29 is 28.2 Å². The Morgan fingerprint density at radius 3 is 2.17 bits per heavy atom. The van der Waals surface area contributed by atoms with Crippen molar-refractivity contribution in [2.24, 2.45) is 0 Å². The van der Waals surface area contributed by atoms with Gasteiger partial charge in [0.2, 0.25) is 5.91 Å². The van der Waals surface area contributed by atoms with Crippen LogP contribution in [-0.4, -0.2) is 45.1 Å². The highest BCUT2D eigenvalue weighted by molar-refractivity contribution is 6.02. The molecule has 182 valence electrons. The van der Waals surface area contributed by atoms with Gasteiger partial charge in [-0.3, -0.25) is 9.59 Å². The number of nitrogens with one attached hydrogen (secondary N) is 1. The molecule has 0 fully saturated rings. The highest BCUT2D eigenvalue weighted by atomic mass is 19.1. The largest absolute Gasteiger partial charge is 0.497 e. The SMILES string of the molecule is COc1ccc(C2C(C(=O)NCc3ccc(F)cc3)c3cc(OC)c(OC)cc3C(=O)N2C)cc1. The second kappa shape index (κ2) is 10.0. The van der Waals surface area contributed by atoms with Crippen LogP contribution in [0.2, 0.25) is 0 Å². The first-order valence-electron chi connectivity index (χ1n) is 11.1. The highest BCUT2D eigenvalue weighted by Gasteiger charge is 2.43. The van der Waals surface area contributed by atoms with E-state index in [1.165, 1.54) is 26.4 Å². The number of methoxy groups -OCH3 is 3. The lowest BCUT2D eigenvalue weighted by Gasteiger charge is -2.40. The van der Waals surface area contributed by atoms with Crippen molar-refractivity contribution in [2.75, 3.05) is 28.4 Å². The number of ether oxygens (including phenoxy) is 3. The van der Waals surface area contributed by atoms with Gasteiger partial charge < -0.3 is 24.4 Å². The summed E-state index contributed by atoms with van der Waals surface area (Å²) in [7, 11) is 6.25. The number of hydrogen-bond donors (Lipinski definition) is 1. The maximum atomic E-state index is 13.7. The van der Waals surface area contributed by atoms with Gasteiger partial charge in [0.1, 0.15) is 11.6 Å². The zero-order valence-corrected chi connectivity index (χ0v) is 20.0.